The number of hydrogen-bond acceptors (Lipinski definition) is 4. The normalized spacial score (nSPS) is 11.3. The van der Waals surface area contributed by atoms with E-state index in [4.69, 9.17) is 9.84 Å². The lowest BCUT2D eigenvalue weighted by molar-refractivity contribution is -0.116. The van der Waals surface area contributed by atoms with E-state index in [0.29, 0.717) is 11.9 Å². The van der Waals surface area contributed by atoms with Crippen LogP contribution in [0.3, 0.4) is 0 Å². The lowest BCUT2D eigenvalue weighted by Gasteiger charge is -2.22. The number of amides is 3. The Hall–Kier alpha value is -3.79. The smallest absolute Gasteiger partial charge is 0.322 e. The summed E-state index contributed by atoms with van der Waals surface area (Å²) >= 11 is 0. The first-order chi connectivity index (χ1) is 17.0. The molecule has 0 aliphatic rings. The SMILES string of the molecule is COCCN(CC(=O)Nc1cc(C(C)(C)C)nn1-c1ccccc1C)C(=O)Nc1ccc(F)cc1F. The molecule has 0 unspecified atom stereocenters. The number of aryl methyl sites for hydroxylation is 1. The minimum absolute atomic E-state index is 0.0723. The number of rotatable bonds is 8. The summed E-state index contributed by atoms with van der Waals surface area (Å²) in [6.45, 7) is 7.91. The number of aromatic nitrogens is 2. The fourth-order valence-electron chi connectivity index (χ4n) is 3.42. The zero-order chi connectivity index (χ0) is 26.5. The number of hydrogen-bond donors (Lipinski definition) is 2. The fourth-order valence-corrected chi connectivity index (χ4v) is 3.42. The Morgan fingerprint density at radius 1 is 1.08 bits per heavy atom. The first-order valence-corrected chi connectivity index (χ1v) is 11.5. The van der Waals surface area contributed by atoms with E-state index in [0.717, 1.165) is 29.1 Å². The molecule has 3 aromatic rings. The molecule has 0 bridgehead atoms. The first-order valence-electron chi connectivity index (χ1n) is 11.5. The minimum Gasteiger partial charge on any atom is -0.383 e. The quantitative estimate of drug-likeness (QED) is 0.463. The zero-order valence-electron chi connectivity index (χ0n) is 21.1. The monoisotopic (exact) mass is 499 g/mol. The van der Waals surface area contributed by atoms with Gasteiger partial charge in [0.15, 0.2) is 0 Å². The molecule has 0 saturated carbocycles. The van der Waals surface area contributed by atoms with Gasteiger partial charge in [-0.3, -0.25) is 4.79 Å². The van der Waals surface area contributed by atoms with Crippen molar-refractivity contribution in [1.29, 1.82) is 0 Å². The van der Waals surface area contributed by atoms with Crippen LogP contribution in [0.25, 0.3) is 5.69 Å². The van der Waals surface area contributed by atoms with E-state index in [9.17, 15) is 18.4 Å². The number of para-hydroxylation sites is 1. The summed E-state index contributed by atoms with van der Waals surface area (Å²) in [5.41, 5.74) is 2.10. The molecule has 3 rings (SSSR count). The Kier molecular flexibility index (Phi) is 8.41. The number of urea groups is 1. The number of halogens is 2. The molecule has 0 aliphatic heterocycles. The third-order valence-electron chi connectivity index (χ3n) is 5.45. The molecule has 0 aliphatic carbocycles. The molecule has 2 N–H and O–H groups in total. The van der Waals surface area contributed by atoms with Crippen molar-refractivity contribution in [3.8, 4) is 5.69 Å². The molecule has 2 aromatic carbocycles. The highest BCUT2D eigenvalue weighted by Gasteiger charge is 2.24. The van der Waals surface area contributed by atoms with Crippen LogP contribution in [0.4, 0.5) is 25.1 Å². The van der Waals surface area contributed by atoms with Crippen molar-refractivity contribution in [2.75, 3.05) is 37.4 Å². The lowest BCUT2D eigenvalue weighted by Crippen LogP contribution is -2.42. The average molecular weight is 500 g/mol. The van der Waals surface area contributed by atoms with E-state index < -0.39 is 23.6 Å². The largest absolute Gasteiger partial charge is 0.383 e. The maximum absolute atomic E-state index is 14.0. The molecule has 0 radical (unpaired) electrons. The lowest BCUT2D eigenvalue weighted by atomic mass is 9.92. The van der Waals surface area contributed by atoms with Crippen molar-refractivity contribution in [2.24, 2.45) is 0 Å². The van der Waals surface area contributed by atoms with Crippen molar-refractivity contribution in [3.05, 3.63) is 71.4 Å². The van der Waals surface area contributed by atoms with Crippen LogP contribution in [0.15, 0.2) is 48.5 Å². The number of anilines is 2. The van der Waals surface area contributed by atoms with Gasteiger partial charge < -0.3 is 20.3 Å². The van der Waals surface area contributed by atoms with Crippen LogP contribution >= 0.6 is 0 Å². The van der Waals surface area contributed by atoms with E-state index >= 15 is 0 Å². The highest BCUT2D eigenvalue weighted by molar-refractivity contribution is 5.96. The Labute approximate surface area is 209 Å². The number of carbonyl (C=O) groups excluding carboxylic acids is 2. The van der Waals surface area contributed by atoms with Crippen LogP contribution < -0.4 is 10.6 Å². The molecular formula is C26H31F2N5O3. The van der Waals surface area contributed by atoms with Crippen molar-refractivity contribution in [1.82, 2.24) is 14.7 Å². The second-order valence-corrected chi connectivity index (χ2v) is 9.38. The number of nitrogens with one attached hydrogen (secondary N) is 2. The summed E-state index contributed by atoms with van der Waals surface area (Å²) in [6, 6.07) is 11.6. The van der Waals surface area contributed by atoms with E-state index in [2.05, 4.69) is 10.6 Å². The predicted molar refractivity (Wildman–Crippen MR) is 134 cm³/mol. The van der Waals surface area contributed by atoms with E-state index in [-0.39, 0.29) is 30.8 Å². The Morgan fingerprint density at radius 2 is 1.81 bits per heavy atom. The fraction of sp³-hybridized carbons (Fsp3) is 0.346. The Balaban J connectivity index is 1.82. The highest BCUT2D eigenvalue weighted by Crippen LogP contribution is 2.27. The zero-order valence-corrected chi connectivity index (χ0v) is 21.1. The van der Waals surface area contributed by atoms with Crippen LogP contribution in [-0.4, -0.2) is 53.4 Å². The van der Waals surface area contributed by atoms with E-state index in [1.807, 2.05) is 52.0 Å². The number of carbonyl (C=O) groups is 2. The van der Waals surface area contributed by atoms with E-state index in [1.165, 1.54) is 12.0 Å². The van der Waals surface area contributed by atoms with Gasteiger partial charge in [-0.1, -0.05) is 39.0 Å². The van der Waals surface area contributed by atoms with Gasteiger partial charge in [0.2, 0.25) is 5.91 Å². The van der Waals surface area contributed by atoms with Crippen molar-refractivity contribution < 1.29 is 23.1 Å². The number of nitrogens with zero attached hydrogens (tertiary/aromatic N) is 3. The topological polar surface area (TPSA) is 88.5 Å². The van der Waals surface area contributed by atoms with Gasteiger partial charge >= 0.3 is 6.03 Å². The molecule has 192 valence electrons. The molecule has 8 nitrogen and oxygen atoms in total. The molecule has 36 heavy (non-hydrogen) atoms. The summed E-state index contributed by atoms with van der Waals surface area (Å²) < 4.78 is 34.0. The van der Waals surface area contributed by atoms with Crippen LogP contribution in [0, 0.1) is 18.6 Å². The highest BCUT2D eigenvalue weighted by atomic mass is 19.1. The molecule has 0 fully saturated rings. The number of methoxy groups -OCH3 is 1. The first kappa shape index (κ1) is 26.8. The third kappa shape index (κ3) is 6.66. The second-order valence-electron chi connectivity index (χ2n) is 9.38. The maximum Gasteiger partial charge on any atom is 0.322 e. The molecule has 0 spiro atoms. The van der Waals surface area contributed by atoms with E-state index in [1.54, 1.807) is 10.7 Å². The van der Waals surface area contributed by atoms with Crippen molar-refractivity contribution >= 4 is 23.4 Å². The van der Waals surface area contributed by atoms with Crippen molar-refractivity contribution in [3.63, 3.8) is 0 Å². The molecule has 0 atom stereocenters. The molecule has 10 heteroatoms. The molecule has 3 amide bonds. The standard InChI is InChI=1S/C26H31F2N5O3/c1-17-8-6-7-9-21(17)33-23(15-22(31-33)26(2,3)4)30-24(34)16-32(12-13-36-5)25(35)29-20-11-10-18(27)14-19(20)28/h6-11,14-15H,12-13,16H2,1-5H3,(H,29,35)(H,30,34). The Morgan fingerprint density at radius 3 is 2.44 bits per heavy atom. The summed E-state index contributed by atoms with van der Waals surface area (Å²) in [5, 5.41) is 9.94. The van der Waals surface area contributed by atoms with Crippen LogP contribution in [-0.2, 0) is 14.9 Å². The van der Waals surface area contributed by atoms with Crippen LogP contribution in [0.1, 0.15) is 32.0 Å². The average Bonchev–Trinajstić information content (AvgIpc) is 3.22. The van der Waals surface area contributed by atoms with Gasteiger partial charge in [0.1, 0.15) is 24.0 Å². The van der Waals surface area contributed by atoms with Crippen molar-refractivity contribution in [2.45, 2.75) is 33.1 Å². The van der Waals surface area contributed by atoms with Gasteiger partial charge in [0.25, 0.3) is 0 Å². The van der Waals surface area contributed by atoms with Crippen LogP contribution in [0.5, 0.6) is 0 Å². The minimum atomic E-state index is -0.920. The summed E-state index contributed by atoms with van der Waals surface area (Å²) in [4.78, 5) is 27.0. The summed E-state index contributed by atoms with van der Waals surface area (Å²) in [5.74, 6) is -1.70. The van der Waals surface area contributed by atoms with Gasteiger partial charge in [-0.25, -0.2) is 18.3 Å². The van der Waals surface area contributed by atoms with Crippen LogP contribution in [0.2, 0.25) is 0 Å². The third-order valence-corrected chi connectivity index (χ3v) is 5.45. The van der Waals surface area contributed by atoms with Gasteiger partial charge in [0, 0.05) is 31.2 Å². The maximum atomic E-state index is 14.0. The number of ether oxygens (including phenoxy) is 1. The Bertz CT molecular complexity index is 1240. The van der Waals surface area contributed by atoms with Gasteiger partial charge in [0.05, 0.1) is 23.7 Å². The van der Waals surface area contributed by atoms with Gasteiger partial charge in [-0.2, -0.15) is 5.10 Å². The molecular weight excluding hydrogens is 468 g/mol. The van der Waals surface area contributed by atoms with Gasteiger partial charge in [-0.05, 0) is 30.7 Å². The second kappa shape index (κ2) is 11.3. The molecule has 1 aromatic heterocycles. The molecule has 0 saturated heterocycles. The summed E-state index contributed by atoms with van der Waals surface area (Å²) in [6.07, 6.45) is 0. The molecule has 1 heterocycles. The van der Waals surface area contributed by atoms with Gasteiger partial charge in [-0.15, -0.1) is 0 Å². The number of benzene rings is 2. The predicted octanol–water partition coefficient (Wildman–Crippen LogP) is 4.88. The summed E-state index contributed by atoms with van der Waals surface area (Å²) in [7, 11) is 1.46.